The average molecular weight is 308 g/mol. The first-order chi connectivity index (χ1) is 10.0. The minimum Gasteiger partial charge on any atom is -0.456 e. The summed E-state index contributed by atoms with van der Waals surface area (Å²) in [5.74, 6) is -0.488. The predicted octanol–water partition coefficient (Wildman–Crippen LogP) is 4.15. The summed E-state index contributed by atoms with van der Waals surface area (Å²) in [5.41, 5.74) is 6.03. The molecule has 0 saturated carbocycles. The molecule has 0 heterocycles. The Morgan fingerprint density at radius 1 is 1.24 bits per heavy atom. The number of thioether (sulfide) groups is 1. The number of ether oxygens (including phenoxy) is 1. The van der Waals surface area contributed by atoms with E-state index in [1.807, 2.05) is 13.0 Å². The van der Waals surface area contributed by atoms with Crippen LogP contribution in [-0.2, 0) is 0 Å². The first-order valence-electron chi connectivity index (χ1n) is 6.25. The molecule has 0 bridgehead atoms. The molecule has 3 N–H and O–H groups in total. The molecule has 3 nitrogen and oxygen atoms in total. The van der Waals surface area contributed by atoms with Gasteiger partial charge in [-0.1, -0.05) is 13.0 Å². The molecule has 110 valence electrons. The van der Waals surface area contributed by atoms with Gasteiger partial charge in [-0.15, -0.1) is 11.8 Å². The fraction of sp³-hybridized carbons (Fsp3) is 0.133. The predicted molar refractivity (Wildman–Crippen MR) is 80.3 cm³/mol. The molecule has 0 fully saturated rings. The third kappa shape index (κ3) is 3.72. The summed E-state index contributed by atoms with van der Waals surface area (Å²) in [5, 5.41) is 7.68. The van der Waals surface area contributed by atoms with Gasteiger partial charge in [-0.2, -0.15) is 0 Å². The number of nitrogens with one attached hydrogen (secondary N) is 1. The second-order valence-corrected chi connectivity index (χ2v) is 5.49. The number of halogens is 2. The van der Waals surface area contributed by atoms with Gasteiger partial charge in [-0.25, -0.2) is 8.78 Å². The molecule has 21 heavy (non-hydrogen) atoms. The van der Waals surface area contributed by atoms with Crippen molar-refractivity contribution in [2.45, 2.75) is 11.8 Å². The van der Waals surface area contributed by atoms with Crippen LogP contribution in [0.4, 0.5) is 8.78 Å². The monoisotopic (exact) mass is 308 g/mol. The highest BCUT2D eigenvalue weighted by Crippen LogP contribution is 2.33. The molecule has 6 heteroatoms. The molecule has 2 aromatic rings. The van der Waals surface area contributed by atoms with Gasteiger partial charge in [0.1, 0.15) is 29.0 Å². The smallest absolute Gasteiger partial charge is 0.139 e. The van der Waals surface area contributed by atoms with Gasteiger partial charge in [0.05, 0.1) is 5.56 Å². The number of hydrogen-bond donors (Lipinski definition) is 2. The lowest BCUT2D eigenvalue weighted by molar-refractivity contribution is 0.466. The van der Waals surface area contributed by atoms with Crippen molar-refractivity contribution in [1.29, 1.82) is 5.41 Å². The Kier molecular flexibility index (Phi) is 4.80. The fourth-order valence-electron chi connectivity index (χ4n) is 1.85. The van der Waals surface area contributed by atoms with Gasteiger partial charge in [-0.05, 0) is 17.9 Å². The van der Waals surface area contributed by atoms with Crippen LogP contribution < -0.4 is 10.5 Å². The first-order valence-corrected chi connectivity index (χ1v) is 7.24. The molecule has 0 atom stereocenters. The minimum absolute atomic E-state index is 0.0219. The van der Waals surface area contributed by atoms with Gasteiger partial charge in [-0.3, -0.25) is 5.41 Å². The second kappa shape index (κ2) is 6.58. The lowest BCUT2D eigenvalue weighted by Gasteiger charge is -2.14. The van der Waals surface area contributed by atoms with Crippen LogP contribution >= 0.6 is 11.8 Å². The summed E-state index contributed by atoms with van der Waals surface area (Å²) in [6.07, 6.45) is 0. The Balaban J connectivity index is 2.43. The summed E-state index contributed by atoms with van der Waals surface area (Å²) in [7, 11) is 0. The Bertz CT molecular complexity index is 656. The number of nitrogen functional groups attached to an aromatic ring is 1. The van der Waals surface area contributed by atoms with Crippen LogP contribution in [0.2, 0.25) is 0 Å². The first kappa shape index (κ1) is 15.3. The van der Waals surface area contributed by atoms with Gasteiger partial charge < -0.3 is 10.5 Å². The summed E-state index contributed by atoms with van der Waals surface area (Å²) in [6, 6.07) is 8.10. The van der Waals surface area contributed by atoms with Crippen molar-refractivity contribution in [3.63, 3.8) is 0 Å². The SMILES string of the molecule is CCSc1cccc(Oc2cc(F)cc(F)c2)c1C(=N)N. The van der Waals surface area contributed by atoms with Crippen LogP contribution in [0.15, 0.2) is 41.3 Å². The highest BCUT2D eigenvalue weighted by molar-refractivity contribution is 7.99. The normalized spacial score (nSPS) is 10.4. The minimum atomic E-state index is -0.728. The van der Waals surface area contributed by atoms with Crippen LogP contribution in [0, 0.1) is 17.0 Å². The third-order valence-electron chi connectivity index (χ3n) is 2.62. The molecular formula is C15H14F2N2OS. The number of hydrogen-bond acceptors (Lipinski definition) is 3. The van der Waals surface area contributed by atoms with Crippen molar-refractivity contribution < 1.29 is 13.5 Å². The van der Waals surface area contributed by atoms with E-state index in [1.54, 1.807) is 12.1 Å². The molecular weight excluding hydrogens is 294 g/mol. The molecule has 0 unspecified atom stereocenters. The highest BCUT2D eigenvalue weighted by Gasteiger charge is 2.14. The summed E-state index contributed by atoms with van der Waals surface area (Å²) in [6.45, 7) is 1.98. The Morgan fingerprint density at radius 2 is 1.90 bits per heavy atom. The van der Waals surface area contributed by atoms with E-state index < -0.39 is 11.6 Å². The van der Waals surface area contributed by atoms with E-state index in [1.165, 1.54) is 11.8 Å². The van der Waals surface area contributed by atoms with Crippen molar-refractivity contribution in [1.82, 2.24) is 0 Å². The molecule has 0 aliphatic heterocycles. The molecule has 0 aromatic heterocycles. The average Bonchev–Trinajstić information content (AvgIpc) is 2.37. The van der Waals surface area contributed by atoms with Crippen LogP contribution in [-0.4, -0.2) is 11.6 Å². The molecule has 0 saturated heterocycles. The Hall–Kier alpha value is -2.08. The molecule has 2 rings (SSSR count). The topological polar surface area (TPSA) is 59.1 Å². The number of benzene rings is 2. The highest BCUT2D eigenvalue weighted by atomic mass is 32.2. The molecule has 2 aromatic carbocycles. The number of nitrogens with two attached hydrogens (primary N) is 1. The maximum absolute atomic E-state index is 13.2. The summed E-state index contributed by atoms with van der Waals surface area (Å²) < 4.78 is 31.9. The zero-order valence-electron chi connectivity index (χ0n) is 11.3. The quantitative estimate of drug-likeness (QED) is 0.495. The van der Waals surface area contributed by atoms with E-state index in [9.17, 15) is 8.78 Å². The van der Waals surface area contributed by atoms with Crippen LogP contribution in [0.25, 0.3) is 0 Å². The standard InChI is InChI=1S/C15H14F2N2OS/c1-2-21-13-5-3-4-12(14(13)15(18)19)20-11-7-9(16)6-10(17)8-11/h3-8H,2H2,1H3,(H3,18,19). The maximum Gasteiger partial charge on any atom is 0.139 e. The lowest BCUT2D eigenvalue weighted by Crippen LogP contribution is -2.13. The molecule has 0 aliphatic rings. The van der Waals surface area contributed by atoms with Crippen molar-refractivity contribution in [3.05, 3.63) is 53.6 Å². The molecule has 0 radical (unpaired) electrons. The van der Waals surface area contributed by atoms with Gasteiger partial charge >= 0.3 is 0 Å². The summed E-state index contributed by atoms with van der Waals surface area (Å²) >= 11 is 1.51. The van der Waals surface area contributed by atoms with Gasteiger partial charge in [0.15, 0.2) is 0 Å². The molecule has 0 amide bonds. The van der Waals surface area contributed by atoms with Crippen molar-refractivity contribution in [2.75, 3.05) is 5.75 Å². The van der Waals surface area contributed by atoms with Crippen molar-refractivity contribution >= 4 is 17.6 Å². The maximum atomic E-state index is 13.2. The zero-order valence-corrected chi connectivity index (χ0v) is 12.1. The number of amidine groups is 1. The van der Waals surface area contributed by atoms with Gasteiger partial charge in [0.2, 0.25) is 0 Å². The van der Waals surface area contributed by atoms with Crippen molar-refractivity contribution in [2.24, 2.45) is 5.73 Å². The van der Waals surface area contributed by atoms with E-state index in [0.717, 1.165) is 28.8 Å². The molecule has 0 aliphatic carbocycles. The summed E-state index contributed by atoms with van der Waals surface area (Å²) in [4.78, 5) is 0.791. The Labute approximate surface area is 125 Å². The van der Waals surface area contributed by atoms with Crippen LogP contribution in [0.5, 0.6) is 11.5 Å². The van der Waals surface area contributed by atoms with Crippen molar-refractivity contribution in [3.8, 4) is 11.5 Å². The van der Waals surface area contributed by atoms with E-state index in [4.69, 9.17) is 15.9 Å². The Morgan fingerprint density at radius 3 is 2.48 bits per heavy atom. The van der Waals surface area contributed by atoms with E-state index in [2.05, 4.69) is 0 Å². The second-order valence-electron chi connectivity index (χ2n) is 4.18. The number of rotatable bonds is 5. The molecule has 0 spiro atoms. The van der Waals surface area contributed by atoms with Crippen LogP contribution in [0.3, 0.4) is 0 Å². The lowest BCUT2D eigenvalue weighted by atomic mass is 10.2. The van der Waals surface area contributed by atoms with Crippen LogP contribution in [0.1, 0.15) is 12.5 Å². The van der Waals surface area contributed by atoms with E-state index in [-0.39, 0.29) is 11.6 Å². The zero-order chi connectivity index (χ0) is 15.4. The largest absolute Gasteiger partial charge is 0.456 e. The third-order valence-corrected chi connectivity index (χ3v) is 3.56. The van der Waals surface area contributed by atoms with E-state index in [0.29, 0.717) is 11.3 Å². The van der Waals surface area contributed by atoms with Gasteiger partial charge in [0, 0.05) is 23.1 Å². The van der Waals surface area contributed by atoms with E-state index >= 15 is 0 Å². The fourth-order valence-corrected chi connectivity index (χ4v) is 2.69. The van der Waals surface area contributed by atoms with Gasteiger partial charge in [0.25, 0.3) is 0 Å².